The first-order valence-electron chi connectivity index (χ1n) is 11.5. The Kier molecular flexibility index (Phi) is 7.79. The van der Waals surface area contributed by atoms with Crippen LogP contribution in [0.25, 0.3) is 11.0 Å². The fraction of sp³-hybridized carbons (Fsp3) is 0.407. The molecule has 0 aliphatic rings. The number of fused-ring (bicyclic) bond motifs is 1. The first-order valence-corrected chi connectivity index (χ1v) is 11.5. The van der Waals surface area contributed by atoms with Gasteiger partial charge in [-0.3, -0.25) is 14.4 Å². The van der Waals surface area contributed by atoms with Crippen LogP contribution in [-0.4, -0.2) is 27.4 Å². The molecule has 0 saturated carbocycles. The number of Topliss-reactive ketones (excluding diaryl/α,β-unsaturated/α-hetero) is 1. The number of unbranched alkanes of at least 4 members (excludes halogenated alkanes) is 1. The highest BCUT2D eigenvalue weighted by atomic mass is 16.5. The molecule has 2 aromatic carbocycles. The molecule has 0 spiro atoms. The van der Waals surface area contributed by atoms with Crippen molar-refractivity contribution in [2.45, 2.75) is 73.0 Å². The van der Waals surface area contributed by atoms with E-state index in [0.717, 1.165) is 40.6 Å². The number of ketones is 1. The zero-order valence-electron chi connectivity index (χ0n) is 20.1. The number of benzene rings is 2. The third-order valence-electron chi connectivity index (χ3n) is 6.00. The molecule has 0 aliphatic heterocycles. The smallest absolute Gasteiger partial charge is 0.306 e. The Morgan fingerprint density at radius 3 is 2.48 bits per heavy atom. The molecular formula is C27H32N2O4. The van der Waals surface area contributed by atoms with Gasteiger partial charge in [0.15, 0.2) is 6.10 Å². The fourth-order valence-electron chi connectivity index (χ4n) is 3.92. The Bertz CT molecular complexity index is 1240. The van der Waals surface area contributed by atoms with Crippen LogP contribution in [-0.2, 0) is 22.5 Å². The summed E-state index contributed by atoms with van der Waals surface area (Å²) in [6.07, 6.45) is 1.10. The zero-order valence-corrected chi connectivity index (χ0v) is 20.1. The Morgan fingerprint density at radius 2 is 1.76 bits per heavy atom. The van der Waals surface area contributed by atoms with Crippen LogP contribution < -0.4 is 5.56 Å². The van der Waals surface area contributed by atoms with E-state index in [1.165, 1.54) is 0 Å². The van der Waals surface area contributed by atoms with Crippen LogP contribution in [0.1, 0.15) is 65.9 Å². The van der Waals surface area contributed by atoms with Crippen LogP contribution in [0.15, 0.2) is 41.2 Å². The quantitative estimate of drug-likeness (QED) is 0.345. The number of hydrogen-bond donors (Lipinski definition) is 0. The Morgan fingerprint density at radius 1 is 1.06 bits per heavy atom. The summed E-state index contributed by atoms with van der Waals surface area (Å²) >= 11 is 0. The molecule has 0 fully saturated rings. The molecule has 33 heavy (non-hydrogen) atoms. The number of nitrogens with zero attached hydrogens (tertiary/aromatic N) is 2. The lowest BCUT2D eigenvalue weighted by Crippen LogP contribution is -2.28. The number of hydrogen-bond acceptors (Lipinski definition) is 5. The molecule has 0 bridgehead atoms. The molecule has 1 heterocycles. The van der Waals surface area contributed by atoms with Crippen molar-refractivity contribution in [2.24, 2.45) is 0 Å². The number of carbonyl (C=O) groups is 2. The summed E-state index contributed by atoms with van der Waals surface area (Å²) in [7, 11) is 0. The van der Waals surface area contributed by atoms with Gasteiger partial charge < -0.3 is 9.30 Å². The molecule has 0 radical (unpaired) electrons. The summed E-state index contributed by atoms with van der Waals surface area (Å²) in [5.74, 6) is -0.749. The Labute approximate surface area is 194 Å². The van der Waals surface area contributed by atoms with Gasteiger partial charge in [-0.15, -0.1) is 0 Å². The maximum Gasteiger partial charge on any atom is 0.306 e. The van der Waals surface area contributed by atoms with Gasteiger partial charge >= 0.3 is 5.97 Å². The van der Waals surface area contributed by atoms with Crippen molar-refractivity contribution in [2.75, 3.05) is 0 Å². The summed E-state index contributed by atoms with van der Waals surface area (Å²) in [6, 6.07) is 11.3. The molecule has 1 aromatic heterocycles. The molecule has 174 valence electrons. The normalized spacial score (nSPS) is 12.0. The van der Waals surface area contributed by atoms with Crippen molar-refractivity contribution in [3.8, 4) is 0 Å². The number of esters is 1. The van der Waals surface area contributed by atoms with Gasteiger partial charge in [-0.2, -0.15) is 0 Å². The number of carbonyl (C=O) groups excluding carboxylic acids is 2. The molecule has 6 heteroatoms. The summed E-state index contributed by atoms with van der Waals surface area (Å²) in [4.78, 5) is 42.8. The standard InChI is InChI=1S/C27H32N2O4/c1-6-7-14-29-24-11-9-8-10-22(24)28-23(27(29)32)12-13-25(30)33-20(5)26(31)21-16-18(3)17(2)15-19(21)4/h8-11,15-16,20H,6-7,12-14H2,1-5H3. The predicted molar refractivity (Wildman–Crippen MR) is 130 cm³/mol. The minimum Gasteiger partial charge on any atom is -0.454 e. The lowest BCUT2D eigenvalue weighted by atomic mass is 9.96. The highest BCUT2D eigenvalue weighted by Gasteiger charge is 2.22. The van der Waals surface area contributed by atoms with E-state index in [1.807, 2.05) is 57.2 Å². The molecule has 6 nitrogen and oxygen atoms in total. The second kappa shape index (κ2) is 10.6. The van der Waals surface area contributed by atoms with Crippen molar-refractivity contribution >= 4 is 22.8 Å². The van der Waals surface area contributed by atoms with Gasteiger partial charge in [-0.1, -0.05) is 31.5 Å². The molecule has 0 saturated heterocycles. The second-order valence-corrected chi connectivity index (χ2v) is 8.61. The first-order chi connectivity index (χ1) is 15.7. The number of rotatable bonds is 9. The predicted octanol–water partition coefficient (Wildman–Crippen LogP) is 4.87. The van der Waals surface area contributed by atoms with Crippen molar-refractivity contribution < 1.29 is 14.3 Å². The van der Waals surface area contributed by atoms with Crippen LogP contribution in [0.5, 0.6) is 0 Å². The van der Waals surface area contributed by atoms with Gasteiger partial charge in [0.2, 0.25) is 5.78 Å². The van der Waals surface area contributed by atoms with Crippen LogP contribution in [0.4, 0.5) is 0 Å². The second-order valence-electron chi connectivity index (χ2n) is 8.61. The third kappa shape index (κ3) is 5.56. The van der Waals surface area contributed by atoms with Gasteiger partial charge in [-0.05, 0) is 69.0 Å². The van der Waals surface area contributed by atoms with E-state index in [-0.39, 0.29) is 24.2 Å². The van der Waals surface area contributed by atoms with E-state index < -0.39 is 12.1 Å². The Hall–Kier alpha value is -3.28. The van der Waals surface area contributed by atoms with Crippen molar-refractivity contribution in [1.82, 2.24) is 9.55 Å². The van der Waals surface area contributed by atoms with Crippen LogP contribution in [0.2, 0.25) is 0 Å². The van der Waals surface area contributed by atoms with E-state index in [1.54, 1.807) is 11.5 Å². The van der Waals surface area contributed by atoms with E-state index in [4.69, 9.17) is 4.74 Å². The topological polar surface area (TPSA) is 78.3 Å². The number of para-hydroxylation sites is 2. The average Bonchev–Trinajstić information content (AvgIpc) is 2.79. The molecule has 3 rings (SSSR count). The van der Waals surface area contributed by atoms with Crippen molar-refractivity contribution in [1.29, 1.82) is 0 Å². The third-order valence-corrected chi connectivity index (χ3v) is 6.00. The Balaban J connectivity index is 1.72. The molecule has 3 aromatic rings. The fourth-order valence-corrected chi connectivity index (χ4v) is 3.92. The molecule has 1 atom stereocenters. The van der Waals surface area contributed by atoms with Gasteiger partial charge in [0, 0.05) is 18.5 Å². The van der Waals surface area contributed by atoms with Gasteiger partial charge in [-0.25, -0.2) is 4.98 Å². The maximum absolute atomic E-state index is 13.0. The summed E-state index contributed by atoms with van der Waals surface area (Å²) in [6.45, 7) is 10.1. The van der Waals surface area contributed by atoms with E-state index in [0.29, 0.717) is 17.8 Å². The van der Waals surface area contributed by atoms with Crippen molar-refractivity contribution in [3.63, 3.8) is 0 Å². The van der Waals surface area contributed by atoms with Crippen LogP contribution in [0.3, 0.4) is 0 Å². The van der Waals surface area contributed by atoms with Crippen LogP contribution >= 0.6 is 0 Å². The minimum absolute atomic E-state index is 0.0160. The average molecular weight is 449 g/mol. The largest absolute Gasteiger partial charge is 0.454 e. The zero-order chi connectivity index (χ0) is 24.1. The molecule has 1 unspecified atom stereocenters. The van der Waals surface area contributed by atoms with Gasteiger partial charge in [0.1, 0.15) is 5.69 Å². The van der Waals surface area contributed by atoms with Crippen molar-refractivity contribution in [3.05, 3.63) is 74.7 Å². The monoisotopic (exact) mass is 448 g/mol. The summed E-state index contributed by atoms with van der Waals surface area (Å²) in [5, 5.41) is 0. The lowest BCUT2D eigenvalue weighted by molar-refractivity contribution is -0.146. The number of aromatic nitrogens is 2. The minimum atomic E-state index is -0.899. The highest BCUT2D eigenvalue weighted by molar-refractivity contribution is 6.01. The van der Waals surface area contributed by atoms with E-state index in [2.05, 4.69) is 11.9 Å². The first kappa shape index (κ1) is 24.4. The van der Waals surface area contributed by atoms with Gasteiger partial charge in [0.05, 0.1) is 17.5 Å². The summed E-state index contributed by atoms with van der Waals surface area (Å²) in [5.41, 5.74) is 5.24. The van der Waals surface area contributed by atoms with E-state index in [9.17, 15) is 14.4 Å². The molecule has 0 aliphatic carbocycles. The van der Waals surface area contributed by atoms with E-state index >= 15 is 0 Å². The SMILES string of the molecule is CCCCn1c(=O)c(CCC(=O)OC(C)C(=O)c2cc(C)c(C)cc2C)nc2ccccc21. The number of aryl methyl sites for hydroxylation is 5. The summed E-state index contributed by atoms with van der Waals surface area (Å²) < 4.78 is 7.15. The number of ether oxygens (including phenoxy) is 1. The van der Waals surface area contributed by atoms with Gasteiger partial charge in [0.25, 0.3) is 5.56 Å². The lowest BCUT2D eigenvalue weighted by Gasteiger charge is -2.15. The van der Waals surface area contributed by atoms with Crippen LogP contribution in [0, 0.1) is 20.8 Å². The molecule has 0 amide bonds. The maximum atomic E-state index is 13.0. The molecular weight excluding hydrogens is 416 g/mol. The highest BCUT2D eigenvalue weighted by Crippen LogP contribution is 2.18. The molecule has 0 N–H and O–H groups in total.